The fourth-order valence-corrected chi connectivity index (χ4v) is 13.5. The molecule has 2 saturated carbocycles. The summed E-state index contributed by atoms with van der Waals surface area (Å²) in [5.41, 5.74) is 1.95. The summed E-state index contributed by atoms with van der Waals surface area (Å²) < 4.78 is 0. The molecule has 0 saturated heterocycles. The van der Waals surface area contributed by atoms with Crippen molar-refractivity contribution < 1.29 is 37.7 Å². The van der Waals surface area contributed by atoms with Gasteiger partial charge in [-0.1, -0.05) is 77.6 Å². The monoisotopic (exact) mass is 320 g/mol. The first-order valence-corrected chi connectivity index (χ1v) is 12.4. The molecule has 124 valence electrons. The Morgan fingerprint density at radius 1 is 0.565 bits per heavy atom. The van der Waals surface area contributed by atoms with E-state index in [4.69, 9.17) is 0 Å². The van der Waals surface area contributed by atoms with Gasteiger partial charge in [0.05, 0.1) is 0 Å². The second kappa shape index (κ2) is 8.40. The van der Waals surface area contributed by atoms with Gasteiger partial charge in [-0.3, -0.25) is 0 Å². The van der Waals surface area contributed by atoms with E-state index in [1.165, 1.54) is 0 Å². The van der Waals surface area contributed by atoms with Crippen LogP contribution in [0.25, 0.3) is 0 Å². The van der Waals surface area contributed by atoms with Crippen LogP contribution in [0.3, 0.4) is 0 Å². The first-order valence-electron chi connectivity index (χ1n) is 9.20. The first kappa shape index (κ1) is 24.4. The standard InChI is InChI=1S/C20H38Si.2Li/c1-11-12(2)16(6)19(15(11)5)21(9,10)20-17(7)13(3)14(4)18(20)8;;/h11,13,15-20H,1-10H3;;/q-2;2*+1. The number of hydrogen-bond acceptors (Lipinski definition) is 0. The van der Waals surface area contributed by atoms with E-state index in [1.807, 2.05) is 0 Å². The van der Waals surface area contributed by atoms with Gasteiger partial charge in [-0.2, -0.15) is 37.5 Å². The Morgan fingerprint density at radius 2 is 0.826 bits per heavy atom. The molecule has 0 heterocycles. The van der Waals surface area contributed by atoms with Crippen LogP contribution in [0.5, 0.6) is 0 Å². The first-order chi connectivity index (χ1) is 9.53. The molecular formula is C20H38Li2Si. The second-order valence-electron chi connectivity index (χ2n) is 9.23. The van der Waals surface area contributed by atoms with Gasteiger partial charge in [0.1, 0.15) is 0 Å². The van der Waals surface area contributed by atoms with Crippen LogP contribution >= 0.6 is 0 Å². The van der Waals surface area contributed by atoms with Gasteiger partial charge in [-0.25, -0.2) is 0 Å². The zero-order chi connectivity index (χ0) is 16.3. The van der Waals surface area contributed by atoms with E-state index in [-0.39, 0.29) is 37.7 Å². The summed E-state index contributed by atoms with van der Waals surface area (Å²) in [6.45, 7) is 25.4. The van der Waals surface area contributed by atoms with Gasteiger partial charge < -0.3 is 11.8 Å². The van der Waals surface area contributed by atoms with Crippen molar-refractivity contribution in [2.24, 2.45) is 35.5 Å². The topological polar surface area (TPSA) is 0 Å². The maximum atomic E-state index is 2.72. The van der Waals surface area contributed by atoms with Crippen LogP contribution in [-0.4, -0.2) is 8.07 Å². The van der Waals surface area contributed by atoms with E-state index in [2.05, 4.69) is 68.5 Å². The molecule has 8 atom stereocenters. The van der Waals surface area contributed by atoms with Gasteiger partial charge in [-0.05, 0) is 0 Å². The molecule has 0 aromatic heterocycles. The molecule has 2 rings (SSSR count). The van der Waals surface area contributed by atoms with Crippen molar-refractivity contribution in [3.8, 4) is 0 Å². The molecule has 2 aliphatic rings. The zero-order valence-electron chi connectivity index (χ0n) is 18.1. The Balaban J connectivity index is 0.00000242. The average molecular weight is 320 g/mol. The van der Waals surface area contributed by atoms with Crippen molar-refractivity contribution in [2.75, 3.05) is 0 Å². The molecule has 0 amide bonds. The van der Waals surface area contributed by atoms with E-state index in [0.29, 0.717) is 0 Å². The predicted molar refractivity (Wildman–Crippen MR) is 97.8 cm³/mol. The molecule has 0 radical (unpaired) electrons. The summed E-state index contributed by atoms with van der Waals surface area (Å²) in [5, 5.41) is 0. The molecule has 0 nitrogen and oxygen atoms in total. The summed E-state index contributed by atoms with van der Waals surface area (Å²) in [6.07, 6.45) is 0. The third kappa shape index (κ3) is 3.76. The molecule has 0 spiro atoms. The predicted octanol–water partition coefficient (Wildman–Crippen LogP) is 0.476. The van der Waals surface area contributed by atoms with Crippen molar-refractivity contribution >= 4 is 8.07 Å². The minimum Gasteiger partial charge on any atom is -0.311 e. The smallest absolute Gasteiger partial charge is 0.311 e. The van der Waals surface area contributed by atoms with Crippen LogP contribution in [0.1, 0.15) is 55.4 Å². The fraction of sp³-hybridized carbons (Fsp3) is 0.900. The molecule has 0 aromatic rings. The molecule has 23 heavy (non-hydrogen) atoms. The minimum atomic E-state index is -1.30. The van der Waals surface area contributed by atoms with Crippen LogP contribution in [0.4, 0.5) is 0 Å². The van der Waals surface area contributed by atoms with Gasteiger partial charge in [0.15, 0.2) is 0 Å². The van der Waals surface area contributed by atoms with Gasteiger partial charge in [-0.15, -0.1) is 0 Å². The summed E-state index contributed by atoms with van der Waals surface area (Å²) in [4.78, 5) is 0. The Morgan fingerprint density at radius 3 is 1.00 bits per heavy atom. The molecular weight excluding hydrogens is 282 g/mol. The maximum absolute atomic E-state index is 2.72. The van der Waals surface area contributed by atoms with E-state index in [9.17, 15) is 0 Å². The Bertz CT molecular complexity index is 322. The molecule has 3 heteroatoms. The molecule has 0 aliphatic heterocycles. The molecule has 0 aromatic carbocycles. The summed E-state index contributed by atoms with van der Waals surface area (Å²) in [7, 11) is -1.30. The van der Waals surface area contributed by atoms with E-state index >= 15 is 0 Å². The number of rotatable bonds is 2. The quantitative estimate of drug-likeness (QED) is 0.513. The van der Waals surface area contributed by atoms with Crippen LogP contribution < -0.4 is 37.7 Å². The van der Waals surface area contributed by atoms with Crippen LogP contribution in [0.2, 0.25) is 24.2 Å². The Kier molecular flexibility index (Phi) is 8.92. The van der Waals surface area contributed by atoms with Crippen molar-refractivity contribution in [1.29, 1.82) is 0 Å². The van der Waals surface area contributed by atoms with Gasteiger partial charge in [0.2, 0.25) is 0 Å². The normalized spacial score (nSPS) is 45.7. The summed E-state index contributed by atoms with van der Waals surface area (Å²) in [5.74, 6) is 8.66. The molecule has 0 bridgehead atoms. The van der Waals surface area contributed by atoms with Crippen molar-refractivity contribution in [1.82, 2.24) is 0 Å². The molecule has 0 N–H and O–H groups in total. The van der Waals surface area contributed by atoms with E-state index < -0.39 is 8.07 Å². The van der Waals surface area contributed by atoms with Crippen LogP contribution in [-0.2, 0) is 0 Å². The molecule has 2 fully saturated rings. The van der Waals surface area contributed by atoms with Crippen molar-refractivity contribution in [3.05, 3.63) is 11.8 Å². The van der Waals surface area contributed by atoms with E-state index in [1.54, 1.807) is 11.8 Å². The molecule has 2 aliphatic carbocycles. The average Bonchev–Trinajstić information content (AvgIpc) is 2.72. The fourth-order valence-electron chi connectivity index (χ4n) is 6.62. The maximum Gasteiger partial charge on any atom is 1.00 e. The summed E-state index contributed by atoms with van der Waals surface area (Å²) in [6, 6.07) is 0. The summed E-state index contributed by atoms with van der Waals surface area (Å²) >= 11 is 0. The third-order valence-electron chi connectivity index (χ3n) is 8.38. The zero-order valence-corrected chi connectivity index (χ0v) is 19.1. The van der Waals surface area contributed by atoms with Crippen LogP contribution in [0.15, 0.2) is 0 Å². The largest absolute Gasteiger partial charge is 1.00 e. The van der Waals surface area contributed by atoms with Crippen LogP contribution in [0, 0.1) is 47.3 Å². The van der Waals surface area contributed by atoms with E-state index in [0.717, 1.165) is 46.6 Å². The molecule has 8 unspecified atom stereocenters. The Hall–Kier alpha value is 1.41. The van der Waals surface area contributed by atoms with Crippen molar-refractivity contribution in [2.45, 2.75) is 79.6 Å². The van der Waals surface area contributed by atoms with Gasteiger partial charge in [0.25, 0.3) is 0 Å². The number of hydrogen-bond donors (Lipinski definition) is 0. The SMILES string of the molecule is C[C-]1C(C)C(C)C([Si](C)(C)C2C(C)[C-](C)C(C)C2C)C1C.[Li+].[Li+]. The minimum absolute atomic E-state index is 0. The van der Waals surface area contributed by atoms with Crippen molar-refractivity contribution in [3.63, 3.8) is 0 Å². The second-order valence-corrected chi connectivity index (χ2v) is 14.2. The van der Waals surface area contributed by atoms with Gasteiger partial charge in [0, 0.05) is 8.07 Å². The third-order valence-corrected chi connectivity index (χ3v) is 13.9. The Labute approximate surface area is 172 Å². The van der Waals surface area contributed by atoms with Gasteiger partial charge >= 0.3 is 37.7 Å².